The zero-order chi connectivity index (χ0) is 12.1. The Morgan fingerprint density at radius 3 is 2.62 bits per heavy atom. The molecular formula is C10H11F3N2O. The van der Waals surface area contributed by atoms with Gasteiger partial charge in [0.25, 0.3) is 0 Å². The van der Waals surface area contributed by atoms with E-state index in [0.717, 1.165) is 10.6 Å². The molecule has 0 unspecified atom stereocenters. The molecule has 0 fully saturated rings. The number of hydrogen-bond acceptors (Lipinski definition) is 2. The summed E-state index contributed by atoms with van der Waals surface area (Å²) >= 11 is 0. The van der Waals surface area contributed by atoms with Crippen molar-refractivity contribution in [2.24, 2.45) is 0 Å². The quantitative estimate of drug-likeness (QED) is 0.795. The minimum Gasteiger partial charge on any atom is -0.415 e. The Balaban J connectivity index is 0.000000606. The Morgan fingerprint density at radius 1 is 1.38 bits per heavy atom. The smallest absolute Gasteiger partial charge is 0.388 e. The van der Waals surface area contributed by atoms with Crippen LogP contribution < -0.4 is 4.74 Å². The number of nitrogens with zero attached hydrogens (tertiary/aromatic N) is 2. The maximum absolute atomic E-state index is 13.0. The van der Waals surface area contributed by atoms with Crippen molar-refractivity contribution in [1.82, 2.24) is 9.61 Å². The largest absolute Gasteiger partial charge is 0.415 e. The number of ether oxygens (including phenoxy) is 1. The average molecular weight is 232 g/mol. The van der Waals surface area contributed by atoms with Gasteiger partial charge in [-0.15, -0.1) is 5.10 Å². The second-order valence-corrected chi connectivity index (χ2v) is 2.55. The molecule has 6 heteroatoms. The molecular weight excluding hydrogens is 221 g/mol. The molecule has 0 spiro atoms. The molecule has 0 aliphatic rings. The number of aromatic nitrogens is 2. The Labute approximate surface area is 90.4 Å². The van der Waals surface area contributed by atoms with Gasteiger partial charge in [0.1, 0.15) is 11.3 Å². The van der Waals surface area contributed by atoms with Gasteiger partial charge in [0, 0.05) is 12.3 Å². The summed E-state index contributed by atoms with van der Waals surface area (Å²) in [5.41, 5.74) is 0.100. The molecule has 2 rings (SSSR count). The molecule has 3 nitrogen and oxygen atoms in total. The second kappa shape index (κ2) is 5.39. The highest BCUT2D eigenvalue weighted by Crippen LogP contribution is 2.17. The topological polar surface area (TPSA) is 26.5 Å². The molecule has 0 N–H and O–H groups in total. The van der Waals surface area contributed by atoms with Crippen molar-refractivity contribution >= 4 is 5.52 Å². The fraction of sp³-hybridized carbons (Fsp3) is 0.300. The Hall–Kier alpha value is -1.72. The first-order chi connectivity index (χ1) is 7.66. The molecule has 0 aromatic carbocycles. The van der Waals surface area contributed by atoms with E-state index in [1.54, 1.807) is 0 Å². The monoisotopic (exact) mass is 232 g/mol. The van der Waals surface area contributed by atoms with E-state index >= 15 is 0 Å². The molecule has 2 heterocycles. The van der Waals surface area contributed by atoms with Crippen molar-refractivity contribution in [2.75, 3.05) is 0 Å². The summed E-state index contributed by atoms with van der Waals surface area (Å²) in [5, 5.41) is 3.59. The maximum Gasteiger partial charge on any atom is 0.388 e. The predicted molar refractivity (Wildman–Crippen MR) is 53.1 cm³/mol. The standard InChI is InChI=1S/C8H5F3N2O.C2H6/c9-5-2-1-3-13-6(5)4-7(12-13)14-8(10)11;1-2/h1-4,8H;1-2H3. The lowest BCUT2D eigenvalue weighted by Crippen LogP contribution is -2.02. The van der Waals surface area contributed by atoms with Gasteiger partial charge in [0.05, 0.1) is 0 Å². The normalized spacial score (nSPS) is 10.1. The Kier molecular flexibility index (Phi) is 4.16. The number of rotatable bonds is 2. The first-order valence-electron chi connectivity index (χ1n) is 4.75. The maximum atomic E-state index is 13.0. The van der Waals surface area contributed by atoms with Gasteiger partial charge in [-0.2, -0.15) is 8.78 Å². The third-order valence-corrected chi connectivity index (χ3v) is 1.64. The van der Waals surface area contributed by atoms with Crippen molar-refractivity contribution in [1.29, 1.82) is 0 Å². The summed E-state index contributed by atoms with van der Waals surface area (Å²) in [6.07, 6.45) is 1.44. The minimum atomic E-state index is -2.96. The molecule has 2 aromatic rings. The Bertz CT molecular complexity index is 456. The van der Waals surface area contributed by atoms with Crippen molar-refractivity contribution in [2.45, 2.75) is 20.5 Å². The molecule has 0 saturated heterocycles. The fourth-order valence-corrected chi connectivity index (χ4v) is 1.11. The summed E-state index contributed by atoms with van der Waals surface area (Å²) in [7, 11) is 0. The Morgan fingerprint density at radius 2 is 2.06 bits per heavy atom. The highest BCUT2D eigenvalue weighted by molar-refractivity contribution is 5.50. The fourth-order valence-electron chi connectivity index (χ4n) is 1.11. The molecule has 0 atom stereocenters. The molecule has 0 saturated carbocycles. The molecule has 0 radical (unpaired) electrons. The third kappa shape index (κ3) is 2.65. The average Bonchev–Trinajstić information content (AvgIpc) is 2.64. The number of halogens is 3. The van der Waals surface area contributed by atoms with Crippen LogP contribution in [-0.2, 0) is 0 Å². The summed E-state index contributed by atoms with van der Waals surface area (Å²) in [6.45, 7) is 1.04. The highest BCUT2D eigenvalue weighted by Gasteiger charge is 2.10. The van der Waals surface area contributed by atoms with Crippen LogP contribution in [-0.4, -0.2) is 16.2 Å². The molecule has 0 bridgehead atoms. The van der Waals surface area contributed by atoms with Crippen LogP contribution in [0.25, 0.3) is 5.52 Å². The van der Waals surface area contributed by atoms with Crippen molar-refractivity contribution in [3.63, 3.8) is 0 Å². The first-order valence-corrected chi connectivity index (χ1v) is 4.75. The van der Waals surface area contributed by atoms with E-state index in [9.17, 15) is 13.2 Å². The van der Waals surface area contributed by atoms with E-state index in [0.29, 0.717) is 0 Å². The number of fused-ring (bicyclic) bond motifs is 1. The van der Waals surface area contributed by atoms with Gasteiger partial charge >= 0.3 is 6.61 Å². The van der Waals surface area contributed by atoms with Crippen LogP contribution in [0.1, 0.15) is 13.8 Å². The van der Waals surface area contributed by atoms with Crippen LogP contribution in [0.15, 0.2) is 24.4 Å². The minimum absolute atomic E-state index is 0.100. The predicted octanol–water partition coefficient (Wildman–Crippen LogP) is 3.10. The second-order valence-electron chi connectivity index (χ2n) is 2.55. The lowest BCUT2D eigenvalue weighted by atomic mass is 10.4. The summed E-state index contributed by atoms with van der Waals surface area (Å²) in [4.78, 5) is 0. The number of pyridine rings is 1. The van der Waals surface area contributed by atoms with Gasteiger partial charge in [-0.3, -0.25) is 0 Å². The van der Waals surface area contributed by atoms with Crippen LogP contribution in [0, 0.1) is 5.82 Å². The van der Waals surface area contributed by atoms with Crippen LogP contribution >= 0.6 is 0 Å². The lowest BCUT2D eigenvalue weighted by Gasteiger charge is -1.96. The molecule has 0 amide bonds. The number of hydrogen-bond donors (Lipinski definition) is 0. The summed E-state index contributed by atoms with van der Waals surface area (Å²) < 4.78 is 41.8. The van der Waals surface area contributed by atoms with Crippen LogP contribution in [0.3, 0.4) is 0 Å². The molecule has 0 aliphatic carbocycles. The van der Waals surface area contributed by atoms with Crippen molar-refractivity contribution in [3.05, 3.63) is 30.2 Å². The van der Waals surface area contributed by atoms with Gasteiger partial charge in [-0.1, -0.05) is 13.8 Å². The molecule has 16 heavy (non-hydrogen) atoms. The first kappa shape index (κ1) is 12.4. The molecule has 2 aromatic heterocycles. The lowest BCUT2D eigenvalue weighted by molar-refractivity contribution is -0.0529. The van der Waals surface area contributed by atoms with E-state index in [1.807, 2.05) is 13.8 Å². The van der Waals surface area contributed by atoms with Gasteiger partial charge in [-0.05, 0) is 12.1 Å². The van der Waals surface area contributed by atoms with E-state index in [1.165, 1.54) is 18.3 Å². The van der Waals surface area contributed by atoms with Crippen LogP contribution in [0.4, 0.5) is 13.2 Å². The van der Waals surface area contributed by atoms with Gasteiger partial charge in [0.2, 0.25) is 5.88 Å². The third-order valence-electron chi connectivity index (χ3n) is 1.64. The van der Waals surface area contributed by atoms with E-state index < -0.39 is 12.4 Å². The molecule has 0 aliphatic heterocycles. The van der Waals surface area contributed by atoms with E-state index in [4.69, 9.17) is 0 Å². The molecule has 88 valence electrons. The highest BCUT2D eigenvalue weighted by atomic mass is 19.3. The summed E-state index contributed by atoms with van der Waals surface area (Å²) in [5.74, 6) is -0.839. The van der Waals surface area contributed by atoms with Gasteiger partial charge < -0.3 is 4.74 Å². The van der Waals surface area contributed by atoms with Crippen molar-refractivity contribution < 1.29 is 17.9 Å². The van der Waals surface area contributed by atoms with Gasteiger partial charge in [0.15, 0.2) is 0 Å². The van der Waals surface area contributed by atoms with E-state index in [2.05, 4.69) is 9.84 Å². The summed E-state index contributed by atoms with van der Waals surface area (Å²) in [6, 6.07) is 3.74. The van der Waals surface area contributed by atoms with Gasteiger partial charge in [-0.25, -0.2) is 8.91 Å². The zero-order valence-electron chi connectivity index (χ0n) is 8.82. The number of alkyl halides is 2. The van der Waals surface area contributed by atoms with Crippen LogP contribution in [0.2, 0.25) is 0 Å². The zero-order valence-corrected chi connectivity index (χ0v) is 8.82. The SMILES string of the molecule is CC.Fc1cccn2nc(OC(F)F)cc12. The van der Waals surface area contributed by atoms with Crippen LogP contribution in [0.5, 0.6) is 5.88 Å². The van der Waals surface area contributed by atoms with Crippen molar-refractivity contribution in [3.8, 4) is 5.88 Å². The van der Waals surface area contributed by atoms with E-state index in [-0.39, 0.29) is 11.4 Å².